The number of hydrogen-bond acceptors (Lipinski definition) is 4. The molecule has 0 fully saturated rings. The van der Waals surface area contributed by atoms with Gasteiger partial charge in [0, 0.05) is 16.5 Å². The molecule has 0 unspecified atom stereocenters. The topological polar surface area (TPSA) is 55.4 Å². The Morgan fingerprint density at radius 2 is 1.77 bits per heavy atom. The number of carbonyl (C=O) groups is 2. The minimum absolute atomic E-state index is 0.123. The molecule has 1 N–H and O–H groups in total. The van der Waals surface area contributed by atoms with Crippen LogP contribution >= 0.6 is 11.3 Å². The molecule has 0 saturated heterocycles. The summed E-state index contributed by atoms with van der Waals surface area (Å²) in [6.45, 7) is 0. The van der Waals surface area contributed by atoms with Crippen LogP contribution in [0.1, 0.15) is 20.7 Å². The first kappa shape index (κ1) is 17.8. The Hall–Kier alpha value is -3.06. The molecule has 0 radical (unpaired) electrons. The lowest BCUT2D eigenvalue weighted by Crippen LogP contribution is -2.14. The van der Waals surface area contributed by atoms with Crippen LogP contribution in [-0.2, 0) is 4.74 Å². The molecule has 26 heavy (non-hydrogen) atoms. The second-order valence-electron chi connectivity index (χ2n) is 5.32. The average Bonchev–Trinajstić information content (AvgIpc) is 3.05. The van der Waals surface area contributed by atoms with Crippen molar-refractivity contribution in [1.82, 2.24) is 0 Å². The van der Waals surface area contributed by atoms with Gasteiger partial charge in [-0.25, -0.2) is 13.6 Å². The van der Waals surface area contributed by atoms with E-state index in [1.54, 1.807) is 5.38 Å². The molecule has 0 spiro atoms. The van der Waals surface area contributed by atoms with Crippen LogP contribution in [0.2, 0.25) is 0 Å². The normalized spacial score (nSPS) is 10.4. The number of thiophene rings is 1. The van der Waals surface area contributed by atoms with Gasteiger partial charge < -0.3 is 10.1 Å². The molecule has 3 aromatic rings. The molecule has 1 heterocycles. The van der Waals surface area contributed by atoms with E-state index in [4.69, 9.17) is 4.74 Å². The van der Waals surface area contributed by atoms with Crippen LogP contribution in [0.25, 0.3) is 11.1 Å². The maximum Gasteiger partial charge on any atom is 0.341 e. The number of amides is 1. The Kier molecular flexibility index (Phi) is 5.09. The average molecular weight is 373 g/mol. The lowest BCUT2D eigenvalue weighted by atomic mass is 10.0. The maximum atomic E-state index is 13.3. The molecule has 0 bridgehead atoms. The fraction of sp³-hybridized carbons (Fsp3) is 0.0526. The molecule has 132 valence electrons. The van der Waals surface area contributed by atoms with Crippen molar-refractivity contribution in [3.8, 4) is 11.1 Å². The number of carbonyl (C=O) groups excluding carboxylic acids is 2. The Morgan fingerprint density at radius 1 is 1.04 bits per heavy atom. The standard InChI is InChI=1S/C19H13F2NO3S/c1-25-19(24)16-15(11-5-7-13(20)8-6-11)10-26-18(16)22-17(23)12-3-2-4-14(21)9-12/h2-10H,1H3,(H,22,23). The van der Waals surface area contributed by atoms with Crippen LogP contribution in [0.15, 0.2) is 53.9 Å². The molecular weight excluding hydrogens is 360 g/mol. The molecule has 1 aromatic heterocycles. The number of ether oxygens (including phenoxy) is 1. The van der Waals surface area contributed by atoms with Crippen molar-refractivity contribution in [1.29, 1.82) is 0 Å². The van der Waals surface area contributed by atoms with Gasteiger partial charge >= 0.3 is 5.97 Å². The van der Waals surface area contributed by atoms with E-state index >= 15 is 0 Å². The molecule has 3 rings (SSSR count). The molecule has 0 aliphatic heterocycles. The molecule has 0 saturated carbocycles. The van der Waals surface area contributed by atoms with Gasteiger partial charge in [-0.3, -0.25) is 4.79 Å². The van der Waals surface area contributed by atoms with Crippen molar-refractivity contribution in [3.63, 3.8) is 0 Å². The summed E-state index contributed by atoms with van der Waals surface area (Å²) in [4.78, 5) is 24.6. The Bertz CT molecular complexity index is 967. The molecular formula is C19H13F2NO3S. The minimum Gasteiger partial charge on any atom is -0.465 e. The monoisotopic (exact) mass is 373 g/mol. The number of halogens is 2. The summed E-state index contributed by atoms with van der Waals surface area (Å²) in [5.74, 6) is -2.13. The largest absolute Gasteiger partial charge is 0.465 e. The molecule has 0 atom stereocenters. The van der Waals surface area contributed by atoms with E-state index in [2.05, 4.69) is 5.32 Å². The third kappa shape index (κ3) is 3.62. The smallest absolute Gasteiger partial charge is 0.341 e. The van der Waals surface area contributed by atoms with Crippen molar-refractivity contribution < 1.29 is 23.1 Å². The van der Waals surface area contributed by atoms with Crippen LogP contribution in [0.4, 0.5) is 13.8 Å². The van der Waals surface area contributed by atoms with Crippen molar-refractivity contribution in [2.45, 2.75) is 0 Å². The fourth-order valence-electron chi connectivity index (χ4n) is 2.40. The van der Waals surface area contributed by atoms with Gasteiger partial charge in [-0.05, 0) is 35.9 Å². The zero-order valence-electron chi connectivity index (χ0n) is 13.6. The van der Waals surface area contributed by atoms with Crippen molar-refractivity contribution in [2.75, 3.05) is 12.4 Å². The Balaban J connectivity index is 1.98. The molecule has 4 nitrogen and oxygen atoms in total. The highest BCUT2D eigenvalue weighted by Crippen LogP contribution is 2.36. The Morgan fingerprint density at radius 3 is 2.42 bits per heavy atom. The van der Waals surface area contributed by atoms with Gasteiger partial charge in [0.2, 0.25) is 0 Å². The maximum absolute atomic E-state index is 13.3. The fourth-order valence-corrected chi connectivity index (χ4v) is 3.35. The van der Waals surface area contributed by atoms with Gasteiger partial charge in [-0.1, -0.05) is 18.2 Å². The number of hydrogen-bond donors (Lipinski definition) is 1. The molecule has 2 aromatic carbocycles. The predicted octanol–water partition coefficient (Wildman–Crippen LogP) is 4.73. The first-order valence-electron chi connectivity index (χ1n) is 7.52. The molecule has 0 aliphatic carbocycles. The zero-order chi connectivity index (χ0) is 18.7. The Labute approximate surface area is 152 Å². The number of rotatable bonds is 4. The second-order valence-corrected chi connectivity index (χ2v) is 6.20. The van der Waals surface area contributed by atoms with Gasteiger partial charge in [-0.2, -0.15) is 0 Å². The lowest BCUT2D eigenvalue weighted by molar-refractivity contribution is 0.0603. The number of methoxy groups -OCH3 is 1. The van der Waals surface area contributed by atoms with Crippen LogP contribution in [-0.4, -0.2) is 19.0 Å². The third-order valence-corrected chi connectivity index (χ3v) is 4.55. The minimum atomic E-state index is -0.639. The summed E-state index contributed by atoms with van der Waals surface area (Å²) >= 11 is 1.13. The number of benzene rings is 2. The van der Waals surface area contributed by atoms with Crippen LogP contribution in [0.3, 0.4) is 0 Å². The van der Waals surface area contributed by atoms with Crippen LogP contribution in [0, 0.1) is 11.6 Å². The van der Waals surface area contributed by atoms with Crippen LogP contribution < -0.4 is 5.32 Å². The zero-order valence-corrected chi connectivity index (χ0v) is 14.4. The summed E-state index contributed by atoms with van der Waals surface area (Å²) < 4.78 is 31.3. The predicted molar refractivity (Wildman–Crippen MR) is 95.4 cm³/mol. The third-order valence-electron chi connectivity index (χ3n) is 3.65. The van der Waals surface area contributed by atoms with Gasteiger partial charge in [0.1, 0.15) is 22.2 Å². The highest BCUT2D eigenvalue weighted by molar-refractivity contribution is 7.15. The summed E-state index contributed by atoms with van der Waals surface area (Å²) in [5, 5.41) is 4.55. The van der Waals surface area contributed by atoms with E-state index in [-0.39, 0.29) is 16.1 Å². The highest BCUT2D eigenvalue weighted by atomic mass is 32.1. The van der Waals surface area contributed by atoms with Crippen molar-refractivity contribution in [2.24, 2.45) is 0 Å². The first-order chi connectivity index (χ1) is 12.5. The second kappa shape index (κ2) is 7.45. The summed E-state index contributed by atoms with van der Waals surface area (Å²) in [7, 11) is 1.23. The molecule has 0 aliphatic rings. The van der Waals surface area contributed by atoms with Gasteiger partial charge in [0.25, 0.3) is 5.91 Å². The molecule has 1 amide bonds. The van der Waals surface area contributed by atoms with E-state index in [1.165, 1.54) is 49.6 Å². The number of nitrogens with one attached hydrogen (secondary N) is 1. The van der Waals surface area contributed by atoms with Gasteiger partial charge in [0.05, 0.1) is 7.11 Å². The van der Waals surface area contributed by atoms with Crippen molar-refractivity contribution >= 4 is 28.2 Å². The lowest BCUT2D eigenvalue weighted by Gasteiger charge is -2.08. The quantitative estimate of drug-likeness (QED) is 0.673. The van der Waals surface area contributed by atoms with E-state index < -0.39 is 23.5 Å². The van der Waals surface area contributed by atoms with E-state index in [1.807, 2.05) is 0 Å². The van der Waals surface area contributed by atoms with E-state index in [9.17, 15) is 18.4 Å². The summed E-state index contributed by atoms with van der Waals surface area (Å²) in [5.41, 5.74) is 1.40. The highest BCUT2D eigenvalue weighted by Gasteiger charge is 2.22. The summed E-state index contributed by atoms with van der Waals surface area (Å²) in [6.07, 6.45) is 0. The van der Waals surface area contributed by atoms with Gasteiger partial charge in [-0.15, -0.1) is 11.3 Å². The van der Waals surface area contributed by atoms with Crippen molar-refractivity contribution in [3.05, 3.63) is 76.7 Å². The SMILES string of the molecule is COC(=O)c1c(-c2ccc(F)cc2)csc1NC(=O)c1cccc(F)c1. The molecule has 7 heteroatoms. The first-order valence-corrected chi connectivity index (χ1v) is 8.40. The van der Waals surface area contributed by atoms with E-state index in [0.717, 1.165) is 17.4 Å². The number of anilines is 1. The summed E-state index contributed by atoms with van der Waals surface area (Å²) in [6, 6.07) is 10.8. The van der Waals surface area contributed by atoms with Gasteiger partial charge in [0.15, 0.2) is 0 Å². The van der Waals surface area contributed by atoms with E-state index in [0.29, 0.717) is 11.1 Å². The van der Waals surface area contributed by atoms with Crippen LogP contribution in [0.5, 0.6) is 0 Å². The number of esters is 1.